The normalized spacial score (nSPS) is 13.3. The Morgan fingerprint density at radius 2 is 1.89 bits per heavy atom. The fourth-order valence-electron chi connectivity index (χ4n) is 2.12. The average Bonchev–Trinajstić information content (AvgIpc) is 2.34. The lowest BCUT2D eigenvalue weighted by atomic mass is 9.89. The van der Waals surface area contributed by atoms with Crippen LogP contribution in [0.4, 0.5) is 4.79 Å². The molecule has 0 radical (unpaired) electrons. The van der Waals surface area contributed by atoms with Crippen LogP contribution in [0.2, 0.25) is 0 Å². The molecule has 2 unspecified atom stereocenters. The fraction of sp³-hybridized carbons (Fsp3) is 0.500. The average molecular weight is 291 g/mol. The molecule has 0 spiro atoms. The molecule has 2 atom stereocenters. The first-order chi connectivity index (χ1) is 8.19. The minimum Gasteiger partial charge on any atom is -0.445 e. The van der Waals surface area contributed by atoms with Gasteiger partial charge in [0.25, 0.3) is 0 Å². The minimum absolute atomic E-state index is 0. The first kappa shape index (κ1) is 17.3. The molecule has 0 heterocycles. The van der Waals surface area contributed by atoms with Crippen LogP contribution >= 0.6 is 24.0 Å². The van der Waals surface area contributed by atoms with Gasteiger partial charge >= 0.3 is 5.43 Å². The van der Waals surface area contributed by atoms with Crippen LogP contribution in [0.25, 0.3) is 0 Å². The van der Waals surface area contributed by atoms with E-state index in [0.29, 0.717) is 5.92 Å². The highest BCUT2D eigenvalue weighted by molar-refractivity contribution is 6.61. The van der Waals surface area contributed by atoms with Crippen LogP contribution in [0.5, 0.6) is 0 Å². The predicted molar refractivity (Wildman–Crippen MR) is 77.5 cm³/mol. The van der Waals surface area contributed by atoms with Crippen molar-refractivity contribution in [3.05, 3.63) is 35.9 Å². The molecule has 0 amide bonds. The van der Waals surface area contributed by atoms with Crippen molar-refractivity contribution in [1.29, 1.82) is 0 Å². The molecule has 1 aromatic rings. The summed E-state index contributed by atoms with van der Waals surface area (Å²) in [6, 6.07) is 9.79. The minimum atomic E-state index is -0.728. The monoisotopic (exact) mass is 290 g/mol. The Morgan fingerprint density at radius 3 is 2.33 bits per heavy atom. The molecular weight excluding hydrogens is 271 g/mol. The summed E-state index contributed by atoms with van der Waals surface area (Å²) in [5.74, 6) is 0.324. The summed E-state index contributed by atoms with van der Waals surface area (Å²) in [4.78, 5) is 11.0. The molecule has 18 heavy (non-hydrogen) atoms. The van der Waals surface area contributed by atoms with E-state index in [2.05, 4.69) is 13.8 Å². The van der Waals surface area contributed by atoms with Gasteiger partial charge in [0.15, 0.2) is 0 Å². The van der Waals surface area contributed by atoms with Gasteiger partial charge in [0.1, 0.15) is 6.10 Å². The topological polar surface area (TPSA) is 26.3 Å². The van der Waals surface area contributed by atoms with Crippen LogP contribution < -0.4 is 0 Å². The zero-order valence-corrected chi connectivity index (χ0v) is 12.3. The molecule has 0 aliphatic rings. The van der Waals surface area contributed by atoms with E-state index in [1.165, 1.54) is 0 Å². The van der Waals surface area contributed by atoms with Crippen molar-refractivity contribution in [2.45, 2.75) is 39.2 Å². The first-order valence-corrected chi connectivity index (χ1v) is 6.47. The lowest BCUT2D eigenvalue weighted by Gasteiger charge is -2.25. The predicted octanol–water partition coefficient (Wildman–Crippen LogP) is 5.35. The summed E-state index contributed by atoms with van der Waals surface area (Å²) < 4.78 is 5.27. The summed E-state index contributed by atoms with van der Waals surface area (Å²) in [6.07, 6.45) is 2.84. The fourth-order valence-corrected chi connectivity index (χ4v) is 2.22. The van der Waals surface area contributed by atoms with E-state index in [4.69, 9.17) is 16.3 Å². The van der Waals surface area contributed by atoms with Crippen LogP contribution in [0.1, 0.15) is 44.8 Å². The van der Waals surface area contributed by atoms with Gasteiger partial charge in [-0.1, -0.05) is 50.6 Å². The number of hydrogen-bond acceptors (Lipinski definition) is 2. The SMILES string of the molecule is CCCC(CC)C(OC(=O)Cl)c1ccccc1.Cl. The summed E-state index contributed by atoms with van der Waals surface area (Å²) in [7, 11) is 0. The van der Waals surface area contributed by atoms with E-state index in [-0.39, 0.29) is 18.5 Å². The Hall–Kier alpha value is -0.730. The highest BCUT2D eigenvalue weighted by atomic mass is 35.5. The van der Waals surface area contributed by atoms with E-state index in [0.717, 1.165) is 24.8 Å². The van der Waals surface area contributed by atoms with Crippen molar-refractivity contribution in [2.75, 3.05) is 0 Å². The molecule has 0 fully saturated rings. The third-order valence-corrected chi connectivity index (χ3v) is 3.05. The Bertz CT molecular complexity index is 341. The molecule has 0 aliphatic heterocycles. The Morgan fingerprint density at radius 1 is 1.28 bits per heavy atom. The molecule has 2 nitrogen and oxygen atoms in total. The zero-order chi connectivity index (χ0) is 12.7. The lowest BCUT2D eigenvalue weighted by Crippen LogP contribution is -2.17. The van der Waals surface area contributed by atoms with E-state index in [1.807, 2.05) is 30.3 Å². The second-order valence-corrected chi connectivity index (χ2v) is 4.45. The van der Waals surface area contributed by atoms with Crippen molar-refractivity contribution in [3.63, 3.8) is 0 Å². The van der Waals surface area contributed by atoms with Gasteiger partial charge < -0.3 is 4.74 Å². The number of ether oxygens (including phenoxy) is 1. The van der Waals surface area contributed by atoms with Crippen molar-refractivity contribution in [1.82, 2.24) is 0 Å². The largest absolute Gasteiger partial charge is 0.445 e. The summed E-state index contributed by atoms with van der Waals surface area (Å²) in [6.45, 7) is 4.24. The van der Waals surface area contributed by atoms with Crippen LogP contribution in [-0.2, 0) is 4.74 Å². The van der Waals surface area contributed by atoms with Crippen molar-refractivity contribution in [2.24, 2.45) is 5.92 Å². The van der Waals surface area contributed by atoms with E-state index in [1.54, 1.807) is 0 Å². The Labute approximate surface area is 120 Å². The maximum absolute atomic E-state index is 11.0. The molecule has 102 valence electrons. The smallest absolute Gasteiger partial charge is 0.404 e. The second-order valence-electron chi connectivity index (χ2n) is 4.14. The quantitative estimate of drug-likeness (QED) is 0.660. The molecule has 0 aromatic heterocycles. The molecule has 0 N–H and O–H groups in total. The number of benzene rings is 1. The van der Waals surface area contributed by atoms with Crippen molar-refractivity contribution >= 4 is 29.4 Å². The Balaban J connectivity index is 0.00000289. The summed E-state index contributed by atoms with van der Waals surface area (Å²) in [5.41, 5.74) is 0.287. The second kappa shape index (κ2) is 9.23. The number of hydrogen-bond donors (Lipinski definition) is 0. The first-order valence-electron chi connectivity index (χ1n) is 6.10. The van der Waals surface area contributed by atoms with Gasteiger partial charge in [-0.2, -0.15) is 0 Å². The third kappa shape index (κ3) is 5.28. The number of carbonyl (C=O) groups excluding carboxylic acids is 1. The molecular formula is C14H20Cl2O2. The number of rotatable bonds is 6. The molecule has 0 aliphatic carbocycles. The maximum atomic E-state index is 11.0. The number of halogens is 2. The third-order valence-electron chi connectivity index (χ3n) is 2.96. The van der Waals surface area contributed by atoms with Crippen LogP contribution in [-0.4, -0.2) is 5.43 Å². The highest BCUT2D eigenvalue weighted by Crippen LogP contribution is 2.32. The summed E-state index contributed by atoms with van der Waals surface area (Å²) >= 11 is 5.36. The van der Waals surface area contributed by atoms with Gasteiger partial charge in [-0.05, 0) is 18.4 Å². The van der Waals surface area contributed by atoms with E-state index >= 15 is 0 Å². The van der Waals surface area contributed by atoms with E-state index in [9.17, 15) is 4.79 Å². The highest BCUT2D eigenvalue weighted by Gasteiger charge is 2.24. The van der Waals surface area contributed by atoms with Gasteiger partial charge in [-0.15, -0.1) is 12.4 Å². The lowest BCUT2D eigenvalue weighted by molar-refractivity contribution is 0.0740. The van der Waals surface area contributed by atoms with E-state index < -0.39 is 5.43 Å². The van der Waals surface area contributed by atoms with Gasteiger partial charge in [0, 0.05) is 17.5 Å². The van der Waals surface area contributed by atoms with Crippen LogP contribution in [0, 0.1) is 5.92 Å². The van der Waals surface area contributed by atoms with Gasteiger partial charge in [0.2, 0.25) is 0 Å². The zero-order valence-electron chi connectivity index (χ0n) is 10.8. The molecule has 0 bridgehead atoms. The maximum Gasteiger partial charge on any atom is 0.404 e. The molecule has 1 aromatic carbocycles. The van der Waals surface area contributed by atoms with Crippen LogP contribution in [0.3, 0.4) is 0 Å². The van der Waals surface area contributed by atoms with Gasteiger partial charge in [-0.25, -0.2) is 4.79 Å². The molecule has 0 saturated carbocycles. The Kier molecular flexibility index (Phi) is 8.86. The number of carbonyl (C=O) groups is 1. The van der Waals surface area contributed by atoms with Gasteiger partial charge in [-0.3, -0.25) is 0 Å². The molecule has 0 saturated heterocycles. The summed E-state index contributed by atoms with van der Waals surface area (Å²) in [5, 5.41) is 0. The van der Waals surface area contributed by atoms with Crippen LogP contribution in [0.15, 0.2) is 30.3 Å². The molecule has 1 rings (SSSR count). The standard InChI is InChI=1S/C14H19ClO2.ClH/c1-3-8-11(4-2)13(17-14(15)16)12-9-6-5-7-10-12;/h5-7,9-11,13H,3-4,8H2,1-2H3;1H. The molecule has 4 heteroatoms. The van der Waals surface area contributed by atoms with Crippen molar-refractivity contribution in [3.8, 4) is 0 Å². The van der Waals surface area contributed by atoms with Crippen molar-refractivity contribution < 1.29 is 9.53 Å². The van der Waals surface area contributed by atoms with Gasteiger partial charge in [0.05, 0.1) is 0 Å².